The van der Waals surface area contributed by atoms with Gasteiger partial charge in [0.15, 0.2) is 0 Å². The molecule has 2 rings (SSSR count). The molecule has 44 heavy (non-hydrogen) atoms. The van der Waals surface area contributed by atoms with Gasteiger partial charge < -0.3 is 33.3 Å². The summed E-state index contributed by atoms with van der Waals surface area (Å²) in [7, 11) is 4.92. The van der Waals surface area contributed by atoms with Crippen molar-refractivity contribution in [2.75, 3.05) is 11.5 Å². The van der Waals surface area contributed by atoms with Crippen molar-refractivity contribution in [3.8, 4) is 0 Å². The number of nitrogens with two attached hydrogens (primary N) is 2. The molecule has 0 bridgehead atoms. The van der Waals surface area contributed by atoms with Crippen LogP contribution in [0.15, 0.2) is 47.4 Å². The number of nitro groups is 2. The van der Waals surface area contributed by atoms with Crippen molar-refractivity contribution in [2.24, 2.45) is 0 Å². The molecule has 0 unspecified atom stereocenters. The molecule has 0 aliphatic carbocycles. The van der Waals surface area contributed by atoms with E-state index >= 15 is 0 Å². The van der Waals surface area contributed by atoms with Gasteiger partial charge in [-0.3, -0.25) is 25.0 Å². The van der Waals surface area contributed by atoms with Crippen molar-refractivity contribution >= 4 is 58.6 Å². The fourth-order valence-electron chi connectivity index (χ4n) is 1.78. The summed E-state index contributed by atoms with van der Waals surface area (Å²) in [6.45, 7) is 16.4. The molecule has 6 N–H and O–H groups in total. The predicted octanol–water partition coefficient (Wildman–Crippen LogP) is -1.80. The van der Waals surface area contributed by atoms with Crippen LogP contribution in [0.25, 0.3) is 5.57 Å². The molecule has 0 aromatic heterocycles. The van der Waals surface area contributed by atoms with Crippen LogP contribution in [-0.4, -0.2) is 45.6 Å². The van der Waals surface area contributed by atoms with E-state index in [2.05, 4.69) is 34.0 Å². The Hall–Kier alpha value is 0.179. The van der Waals surface area contributed by atoms with Crippen LogP contribution in [0.2, 0.25) is 0 Å². The fraction of sp³-hybridized carbons (Fsp3) is 0.320. The molecule has 0 fully saturated rings. The summed E-state index contributed by atoms with van der Waals surface area (Å²) >= 11 is 2.94. The molecular formula is C25H34BBrCs2F2N4O9. The van der Waals surface area contributed by atoms with Gasteiger partial charge >= 0.3 is 149 Å². The topological polar surface area (TPSA) is 228 Å². The van der Waals surface area contributed by atoms with Crippen molar-refractivity contribution < 1.29 is 183 Å². The van der Waals surface area contributed by atoms with Crippen molar-refractivity contribution in [3.05, 3.63) is 84.8 Å². The first-order valence-corrected chi connectivity index (χ1v) is 12.0. The number of carbonyl (C=O) groups is 1. The number of anilines is 2. The largest absolute Gasteiger partial charge is 1.00 e. The predicted molar refractivity (Wildman–Crippen MR) is 159 cm³/mol. The number of benzene rings is 2. The Bertz CT molecular complexity index is 1210. The molecule has 13 nitrogen and oxygen atoms in total. The molecule has 234 valence electrons. The molecule has 0 atom stereocenters. The number of halogens is 3. The monoisotopic (exact) mass is 928 g/mol. The second kappa shape index (κ2) is 26.2. The third-order valence-corrected chi connectivity index (χ3v) is 5.26. The molecule has 2 aromatic carbocycles. The summed E-state index contributed by atoms with van der Waals surface area (Å²) in [6.07, 6.45) is 0. The van der Waals surface area contributed by atoms with E-state index in [1.807, 2.05) is 0 Å². The van der Waals surface area contributed by atoms with Gasteiger partial charge in [0, 0.05) is 27.9 Å². The maximum absolute atomic E-state index is 13.1. The van der Waals surface area contributed by atoms with Crippen LogP contribution in [0.4, 0.5) is 31.5 Å². The third-order valence-electron chi connectivity index (χ3n) is 4.57. The number of aliphatic hydroxyl groups is 2. The maximum Gasteiger partial charge on any atom is 1.00 e. The van der Waals surface area contributed by atoms with Crippen LogP contribution in [0.5, 0.6) is 0 Å². The number of nitro benzene ring substituents is 2. The zero-order chi connectivity index (χ0) is 34.2. The average Bonchev–Trinajstić information content (AvgIpc) is 2.81. The molecule has 0 heterocycles. The number of nitrogen functional groups attached to an aromatic ring is 2. The number of rotatable bonds is 5. The smallest absolute Gasteiger partial charge is 1.00 e. The quantitative estimate of drug-likeness (QED) is 0.0654. The van der Waals surface area contributed by atoms with E-state index < -0.39 is 44.1 Å². The van der Waals surface area contributed by atoms with Gasteiger partial charge in [-0.25, -0.2) is 0 Å². The summed E-state index contributed by atoms with van der Waals surface area (Å²) in [4.78, 5) is 30.1. The first-order valence-electron chi connectivity index (χ1n) is 11.2. The van der Waals surface area contributed by atoms with Crippen molar-refractivity contribution in [3.63, 3.8) is 0 Å². The Morgan fingerprint density at radius 3 is 1.50 bits per heavy atom. The first-order chi connectivity index (χ1) is 18.8. The van der Waals surface area contributed by atoms with Gasteiger partial charge in [0.1, 0.15) is 7.85 Å². The van der Waals surface area contributed by atoms with Gasteiger partial charge in [-0.2, -0.15) is 8.78 Å². The number of hydrogen-bond acceptors (Lipinski definition) is 11. The van der Waals surface area contributed by atoms with Gasteiger partial charge in [0.2, 0.25) is 11.6 Å². The van der Waals surface area contributed by atoms with E-state index in [1.54, 1.807) is 41.5 Å². The number of nitrogens with zero attached hydrogens (tertiary/aromatic N) is 2. The summed E-state index contributed by atoms with van der Waals surface area (Å²) in [5, 5.41) is 47.2. The Morgan fingerprint density at radius 1 is 0.955 bits per heavy atom. The van der Waals surface area contributed by atoms with Crippen LogP contribution in [0.3, 0.4) is 0 Å². The minimum absolute atomic E-state index is 0. The maximum atomic E-state index is 13.1. The molecular weight excluding hydrogens is 895 g/mol. The van der Waals surface area contributed by atoms with Gasteiger partial charge in [0.05, 0.1) is 26.7 Å². The summed E-state index contributed by atoms with van der Waals surface area (Å²) < 4.78 is 26.2. The Labute approximate surface area is 383 Å². The van der Waals surface area contributed by atoms with Gasteiger partial charge in [-0.15, -0.1) is 12.1 Å². The van der Waals surface area contributed by atoms with Crippen molar-refractivity contribution in [1.29, 1.82) is 0 Å². The summed E-state index contributed by atoms with van der Waals surface area (Å²) in [6, 6.07) is 3.96. The van der Waals surface area contributed by atoms with Crippen molar-refractivity contribution in [2.45, 2.75) is 52.7 Å². The van der Waals surface area contributed by atoms with Crippen LogP contribution >= 0.6 is 15.9 Å². The Balaban J connectivity index is -0.000000112. The number of carbonyl (C=O) groups excluding carboxylic acids is 1. The second-order valence-corrected chi connectivity index (χ2v) is 10.0. The molecule has 0 saturated carbocycles. The summed E-state index contributed by atoms with van der Waals surface area (Å²) in [5.74, 6) is -1.80. The van der Waals surface area contributed by atoms with Crippen LogP contribution in [0, 0.1) is 31.9 Å². The van der Waals surface area contributed by atoms with E-state index in [0.717, 1.165) is 24.3 Å². The number of allylic oxidation sites excluding steroid dienone is 2. The first kappa shape index (κ1) is 53.7. The molecule has 0 aliphatic heterocycles. The van der Waals surface area contributed by atoms with E-state index in [-0.39, 0.29) is 157 Å². The molecule has 0 amide bonds. The molecule has 2 aromatic rings. The number of hydrogen-bond donors (Lipinski definition) is 4. The minimum Gasteiger partial charge on any atom is -1.00 e. The Morgan fingerprint density at radius 2 is 1.25 bits per heavy atom. The van der Waals surface area contributed by atoms with Crippen molar-refractivity contribution in [1.82, 2.24) is 0 Å². The minimum atomic E-state index is -1.01. The molecule has 19 heteroatoms. The second-order valence-electron chi connectivity index (χ2n) is 9.17. The van der Waals surface area contributed by atoms with Crippen LogP contribution in [-0.2, 0) is 9.68 Å². The van der Waals surface area contributed by atoms with Gasteiger partial charge in [-0.05, 0) is 68.3 Å². The van der Waals surface area contributed by atoms with Crippen LogP contribution < -0.4 is 155 Å². The molecule has 0 saturated heterocycles. The zero-order valence-electron chi connectivity index (χ0n) is 26.8. The van der Waals surface area contributed by atoms with E-state index in [1.165, 1.54) is 0 Å². The zero-order valence-corrected chi connectivity index (χ0v) is 40.0. The fourth-order valence-corrected chi connectivity index (χ4v) is 2.10. The van der Waals surface area contributed by atoms with Crippen LogP contribution in [0.1, 0.15) is 48.5 Å². The molecule has 0 aliphatic rings. The van der Waals surface area contributed by atoms with E-state index in [9.17, 15) is 29.0 Å². The molecule has 2 radical (unpaired) electrons. The Kier molecular flexibility index (Phi) is 31.9. The standard InChI is InChI=1S/C9H9FN2O2.C6H4BrFN2O2.C6H14O2.C3H5B.CH2O3.2Cs.H/c1-5(2)6-3-7(10)9(12(13)14)4-8(6)11;7-3-1-4(8)6(10(11)12)2-5(3)9;1-5(2,7)6(3,4)8;1-3(2)4;2-1-4-3;;;/h3-4H,1,11H2,2H3;1-2H,9H2;7-8H,1-4H3;1H2,2H3;1,3H;;;/q;;;;;2*+1;-1/p-1. The van der Waals surface area contributed by atoms with Gasteiger partial charge in [-0.1, -0.05) is 13.5 Å². The normalized spacial score (nSPS) is 9.45. The third kappa shape index (κ3) is 24.4. The summed E-state index contributed by atoms with van der Waals surface area (Å²) in [5.41, 5.74) is 9.49. The van der Waals surface area contributed by atoms with E-state index in [0.29, 0.717) is 21.1 Å². The average molecular weight is 929 g/mol. The molecule has 0 spiro atoms. The SMILES string of the molecule is C=C(C)c1cc(F)c([N+](=O)[O-])cc1N.CC(C)(O)C(C)(C)O.Nc1cc([N+](=O)[O-])c(F)cc1Br.O=CO[O-].[B]C(=C)C.[Cs+].[Cs+].[H-]. The van der Waals surface area contributed by atoms with Gasteiger partial charge in [0.25, 0.3) is 6.47 Å². The van der Waals surface area contributed by atoms with E-state index in [4.69, 9.17) is 39.6 Å².